The van der Waals surface area contributed by atoms with Crippen molar-refractivity contribution >= 4 is 23.3 Å². The Labute approximate surface area is 149 Å². The number of nitrogens with zero attached hydrogens (tertiary/aromatic N) is 4. The van der Waals surface area contributed by atoms with Crippen molar-refractivity contribution < 1.29 is 13.2 Å². The van der Waals surface area contributed by atoms with Crippen LogP contribution in [-0.2, 0) is 6.18 Å². The molecule has 0 bridgehead atoms. The van der Waals surface area contributed by atoms with E-state index in [0.29, 0.717) is 17.3 Å². The first-order valence-electron chi connectivity index (χ1n) is 8.33. The molecule has 0 spiro atoms. The van der Waals surface area contributed by atoms with Gasteiger partial charge in [-0.25, -0.2) is 0 Å². The van der Waals surface area contributed by atoms with Crippen molar-refractivity contribution in [1.82, 2.24) is 14.9 Å². The van der Waals surface area contributed by atoms with Gasteiger partial charge in [-0.05, 0) is 38.2 Å². The summed E-state index contributed by atoms with van der Waals surface area (Å²) in [6, 6.07) is 6.68. The van der Waals surface area contributed by atoms with Crippen LogP contribution in [0.5, 0.6) is 0 Å². The molecule has 3 N–H and O–H groups in total. The molecular formula is C17H21F3N6. The van der Waals surface area contributed by atoms with E-state index in [9.17, 15) is 13.2 Å². The van der Waals surface area contributed by atoms with Crippen LogP contribution in [0.15, 0.2) is 30.3 Å². The van der Waals surface area contributed by atoms with Crippen LogP contribution in [0.3, 0.4) is 0 Å². The number of likely N-dealkylation sites (N-methyl/N-ethyl adjacent to an activating group) is 1. The molecule has 0 saturated carbocycles. The first-order chi connectivity index (χ1) is 12.3. The van der Waals surface area contributed by atoms with Crippen molar-refractivity contribution in [3.05, 3.63) is 35.9 Å². The number of halogens is 3. The van der Waals surface area contributed by atoms with E-state index >= 15 is 0 Å². The Morgan fingerprint density at radius 3 is 2.65 bits per heavy atom. The van der Waals surface area contributed by atoms with Crippen LogP contribution in [0.2, 0.25) is 0 Å². The molecule has 0 aliphatic carbocycles. The second kappa shape index (κ2) is 7.36. The van der Waals surface area contributed by atoms with E-state index in [1.165, 1.54) is 6.07 Å². The number of hydrogen-bond acceptors (Lipinski definition) is 6. The number of aromatic nitrogens is 2. The van der Waals surface area contributed by atoms with Crippen molar-refractivity contribution in [1.29, 1.82) is 0 Å². The maximum Gasteiger partial charge on any atom is 0.416 e. The number of nitrogens with two attached hydrogens (primary N) is 1. The van der Waals surface area contributed by atoms with Crippen LogP contribution >= 0.6 is 0 Å². The number of anilines is 4. The van der Waals surface area contributed by atoms with E-state index in [1.807, 2.05) is 0 Å². The molecule has 26 heavy (non-hydrogen) atoms. The molecule has 1 aromatic carbocycles. The van der Waals surface area contributed by atoms with Gasteiger partial charge in [0.25, 0.3) is 0 Å². The summed E-state index contributed by atoms with van der Waals surface area (Å²) in [4.78, 5) is 12.7. The van der Waals surface area contributed by atoms with Gasteiger partial charge in [-0.3, -0.25) is 0 Å². The number of rotatable bonds is 3. The zero-order valence-electron chi connectivity index (χ0n) is 14.4. The number of nitrogen functional groups attached to an aromatic ring is 1. The lowest BCUT2D eigenvalue weighted by Gasteiger charge is -2.22. The summed E-state index contributed by atoms with van der Waals surface area (Å²) >= 11 is 0. The first kappa shape index (κ1) is 18.2. The molecule has 6 nitrogen and oxygen atoms in total. The summed E-state index contributed by atoms with van der Waals surface area (Å²) in [5.41, 5.74) is 5.38. The summed E-state index contributed by atoms with van der Waals surface area (Å²) in [5.74, 6) is 1.11. The molecule has 1 aromatic heterocycles. The Kier molecular flexibility index (Phi) is 5.17. The second-order valence-corrected chi connectivity index (χ2v) is 6.32. The molecule has 1 aliphatic rings. The molecule has 1 saturated heterocycles. The SMILES string of the molecule is CN1CCCN(c2cc(Nc3cccc(C(F)(F)F)c3)nc(N)n2)CC1. The van der Waals surface area contributed by atoms with Crippen molar-refractivity contribution in [2.45, 2.75) is 12.6 Å². The van der Waals surface area contributed by atoms with Crippen molar-refractivity contribution in [3.63, 3.8) is 0 Å². The topological polar surface area (TPSA) is 70.3 Å². The molecule has 140 valence electrons. The van der Waals surface area contributed by atoms with Gasteiger partial charge in [-0.15, -0.1) is 0 Å². The van der Waals surface area contributed by atoms with Crippen LogP contribution in [0.1, 0.15) is 12.0 Å². The highest BCUT2D eigenvalue weighted by Gasteiger charge is 2.30. The lowest BCUT2D eigenvalue weighted by atomic mass is 10.2. The highest BCUT2D eigenvalue weighted by molar-refractivity contribution is 5.62. The molecule has 1 aliphatic heterocycles. The lowest BCUT2D eigenvalue weighted by Crippen LogP contribution is -2.29. The summed E-state index contributed by atoms with van der Waals surface area (Å²) in [6.45, 7) is 3.55. The molecule has 2 aromatic rings. The molecule has 1 fully saturated rings. The Morgan fingerprint density at radius 2 is 1.88 bits per heavy atom. The standard InChI is InChI=1S/C17H21F3N6/c1-25-6-3-7-26(9-8-25)15-11-14(23-16(21)24-15)22-13-5-2-4-12(10-13)17(18,19)20/h2,4-5,10-11H,3,6-9H2,1H3,(H3,21,22,23,24). The van der Waals surface area contributed by atoms with E-state index in [0.717, 1.165) is 44.7 Å². The van der Waals surface area contributed by atoms with Gasteiger partial charge < -0.3 is 20.9 Å². The van der Waals surface area contributed by atoms with E-state index in [4.69, 9.17) is 5.73 Å². The van der Waals surface area contributed by atoms with Gasteiger partial charge in [0, 0.05) is 31.4 Å². The first-order valence-corrected chi connectivity index (χ1v) is 8.33. The molecule has 2 heterocycles. The fourth-order valence-electron chi connectivity index (χ4n) is 2.88. The molecule has 0 radical (unpaired) electrons. The maximum absolute atomic E-state index is 12.9. The highest BCUT2D eigenvalue weighted by atomic mass is 19.4. The van der Waals surface area contributed by atoms with Crippen molar-refractivity contribution in [2.24, 2.45) is 0 Å². The third-order valence-electron chi connectivity index (χ3n) is 4.24. The van der Waals surface area contributed by atoms with Gasteiger partial charge in [0.1, 0.15) is 11.6 Å². The number of benzene rings is 1. The van der Waals surface area contributed by atoms with Gasteiger partial charge in [0.15, 0.2) is 0 Å². The van der Waals surface area contributed by atoms with Crippen LogP contribution in [0, 0.1) is 0 Å². The van der Waals surface area contributed by atoms with Crippen LogP contribution in [-0.4, -0.2) is 48.1 Å². The molecule has 0 amide bonds. The number of nitrogens with one attached hydrogen (secondary N) is 1. The zero-order chi connectivity index (χ0) is 18.7. The van der Waals surface area contributed by atoms with Gasteiger partial charge in [-0.1, -0.05) is 6.07 Å². The normalized spacial score (nSPS) is 16.4. The van der Waals surface area contributed by atoms with E-state index in [-0.39, 0.29) is 5.95 Å². The van der Waals surface area contributed by atoms with Crippen molar-refractivity contribution in [3.8, 4) is 0 Å². The molecule has 3 rings (SSSR count). The van der Waals surface area contributed by atoms with Gasteiger partial charge in [-0.2, -0.15) is 23.1 Å². The van der Waals surface area contributed by atoms with Crippen LogP contribution in [0.25, 0.3) is 0 Å². The Hall–Kier alpha value is -2.55. The predicted octanol–water partition coefficient (Wildman–Crippen LogP) is 2.96. The van der Waals surface area contributed by atoms with Crippen LogP contribution < -0.4 is 16.0 Å². The lowest BCUT2D eigenvalue weighted by molar-refractivity contribution is -0.137. The zero-order valence-corrected chi connectivity index (χ0v) is 14.4. The maximum atomic E-state index is 12.9. The largest absolute Gasteiger partial charge is 0.416 e. The van der Waals surface area contributed by atoms with E-state index in [2.05, 4.69) is 32.1 Å². The quantitative estimate of drug-likeness (QED) is 0.870. The van der Waals surface area contributed by atoms with Crippen molar-refractivity contribution in [2.75, 3.05) is 49.2 Å². The van der Waals surface area contributed by atoms with E-state index in [1.54, 1.807) is 12.1 Å². The minimum atomic E-state index is -4.40. The second-order valence-electron chi connectivity index (χ2n) is 6.32. The molecular weight excluding hydrogens is 345 g/mol. The van der Waals surface area contributed by atoms with Gasteiger partial charge in [0.2, 0.25) is 5.95 Å². The Morgan fingerprint density at radius 1 is 1.08 bits per heavy atom. The Balaban J connectivity index is 1.82. The van der Waals surface area contributed by atoms with Gasteiger partial charge in [0.05, 0.1) is 5.56 Å². The molecule has 0 unspecified atom stereocenters. The predicted molar refractivity (Wildman–Crippen MR) is 95.5 cm³/mol. The van der Waals surface area contributed by atoms with Gasteiger partial charge >= 0.3 is 6.18 Å². The van der Waals surface area contributed by atoms with Crippen LogP contribution in [0.4, 0.5) is 36.4 Å². The monoisotopic (exact) mass is 366 g/mol. The summed E-state index contributed by atoms with van der Waals surface area (Å²) in [5, 5.41) is 2.89. The summed E-state index contributed by atoms with van der Waals surface area (Å²) in [6.07, 6.45) is -3.40. The fraction of sp³-hybridized carbons (Fsp3) is 0.412. The highest BCUT2D eigenvalue weighted by Crippen LogP contribution is 2.31. The van der Waals surface area contributed by atoms with E-state index < -0.39 is 11.7 Å². The summed E-state index contributed by atoms with van der Waals surface area (Å²) < 4.78 is 38.6. The average Bonchev–Trinajstić information content (AvgIpc) is 2.78. The minimum absolute atomic E-state index is 0.0783. The minimum Gasteiger partial charge on any atom is -0.368 e. The third kappa shape index (κ3) is 4.54. The Bertz CT molecular complexity index is 764. The fourth-order valence-corrected chi connectivity index (χ4v) is 2.88. The molecule has 0 atom stereocenters. The smallest absolute Gasteiger partial charge is 0.368 e. The number of alkyl halides is 3. The third-order valence-corrected chi connectivity index (χ3v) is 4.24. The number of hydrogen-bond donors (Lipinski definition) is 2. The molecule has 9 heteroatoms. The average molecular weight is 366 g/mol. The summed E-state index contributed by atoms with van der Waals surface area (Å²) in [7, 11) is 2.07.